The van der Waals surface area contributed by atoms with Crippen LogP contribution in [0.5, 0.6) is 0 Å². The number of aromatic amines is 1. The van der Waals surface area contributed by atoms with Crippen LogP contribution in [-0.2, 0) is 17.0 Å². The fraction of sp³-hybridized carbons (Fsp3) is 0.261. The lowest BCUT2D eigenvalue weighted by molar-refractivity contribution is 0.0953. The lowest BCUT2D eigenvalue weighted by atomic mass is 10.1. The Bertz CT molecular complexity index is 1220. The number of para-hydroxylation sites is 1. The molecule has 1 aliphatic heterocycles. The molecule has 0 aliphatic carbocycles. The van der Waals surface area contributed by atoms with Gasteiger partial charge in [0.05, 0.1) is 24.3 Å². The predicted octanol–water partition coefficient (Wildman–Crippen LogP) is 4.77. The fourth-order valence-corrected chi connectivity index (χ4v) is 4.86. The Hall–Kier alpha value is -3.08. The summed E-state index contributed by atoms with van der Waals surface area (Å²) < 4.78 is 8.08. The van der Waals surface area contributed by atoms with Gasteiger partial charge in [0.2, 0.25) is 0 Å². The maximum Gasteiger partial charge on any atom is 0.191 e. The van der Waals surface area contributed by atoms with Crippen LogP contribution >= 0.6 is 11.8 Å². The fourth-order valence-electron chi connectivity index (χ4n) is 3.91. The van der Waals surface area contributed by atoms with E-state index < -0.39 is 0 Å². The average Bonchev–Trinajstić information content (AvgIpc) is 3.53. The van der Waals surface area contributed by atoms with Gasteiger partial charge >= 0.3 is 0 Å². The highest BCUT2D eigenvalue weighted by Gasteiger charge is 2.23. The van der Waals surface area contributed by atoms with Crippen LogP contribution in [0, 0.1) is 11.3 Å². The second-order valence-electron chi connectivity index (χ2n) is 7.36. The van der Waals surface area contributed by atoms with Crippen LogP contribution in [0.4, 0.5) is 0 Å². The first kappa shape index (κ1) is 18.9. The highest BCUT2D eigenvalue weighted by atomic mass is 32.2. The molecule has 1 aliphatic rings. The largest absolute Gasteiger partial charge is 0.376 e. The van der Waals surface area contributed by atoms with Crippen LogP contribution in [0.15, 0.2) is 59.9 Å². The topological polar surface area (TPSA) is 79.5 Å². The van der Waals surface area contributed by atoms with E-state index in [0.717, 1.165) is 59.0 Å². The molecule has 2 aromatic heterocycles. The quantitative estimate of drug-likeness (QED) is 0.459. The summed E-state index contributed by atoms with van der Waals surface area (Å²) in [4.78, 5) is 3.33. The summed E-state index contributed by atoms with van der Waals surface area (Å²) in [7, 11) is 0. The number of hydrogen-bond acceptors (Lipinski definition) is 5. The van der Waals surface area contributed by atoms with Crippen molar-refractivity contribution >= 4 is 22.7 Å². The Morgan fingerprint density at radius 2 is 2.03 bits per heavy atom. The van der Waals surface area contributed by atoms with E-state index in [-0.39, 0.29) is 6.10 Å². The highest BCUT2D eigenvalue weighted by Crippen LogP contribution is 2.32. The molecule has 2 aromatic carbocycles. The number of ether oxygens (including phenoxy) is 1. The van der Waals surface area contributed by atoms with Crippen molar-refractivity contribution in [2.45, 2.75) is 36.4 Å². The van der Waals surface area contributed by atoms with Crippen LogP contribution in [0.25, 0.3) is 22.3 Å². The molecule has 0 radical (unpaired) electrons. The van der Waals surface area contributed by atoms with Gasteiger partial charge in [0.25, 0.3) is 0 Å². The third-order valence-electron chi connectivity index (χ3n) is 5.45. The molecule has 0 spiro atoms. The van der Waals surface area contributed by atoms with Gasteiger partial charge in [-0.3, -0.25) is 4.57 Å². The lowest BCUT2D eigenvalue weighted by Crippen LogP contribution is -2.16. The van der Waals surface area contributed by atoms with Gasteiger partial charge in [-0.25, -0.2) is 0 Å². The minimum atomic E-state index is 0.177. The number of nitrogens with zero attached hydrogens (tertiary/aromatic N) is 4. The van der Waals surface area contributed by atoms with E-state index in [0.29, 0.717) is 11.3 Å². The van der Waals surface area contributed by atoms with E-state index in [1.165, 1.54) is 0 Å². The Morgan fingerprint density at radius 3 is 2.90 bits per heavy atom. The smallest absolute Gasteiger partial charge is 0.191 e. The summed E-state index contributed by atoms with van der Waals surface area (Å²) in [5, 5.41) is 20.4. The number of aromatic nitrogens is 4. The second-order valence-corrected chi connectivity index (χ2v) is 8.30. The molecule has 5 rings (SSSR count). The summed E-state index contributed by atoms with van der Waals surface area (Å²) in [6.45, 7) is 1.54. The highest BCUT2D eigenvalue weighted by molar-refractivity contribution is 7.98. The summed E-state index contributed by atoms with van der Waals surface area (Å²) in [5.41, 5.74) is 3.83. The van der Waals surface area contributed by atoms with Gasteiger partial charge in [0.1, 0.15) is 0 Å². The zero-order valence-electron chi connectivity index (χ0n) is 16.4. The maximum absolute atomic E-state index is 9.38. The third-order valence-corrected chi connectivity index (χ3v) is 6.47. The van der Waals surface area contributed by atoms with Crippen LogP contribution in [0.1, 0.15) is 24.0 Å². The zero-order valence-corrected chi connectivity index (χ0v) is 17.2. The van der Waals surface area contributed by atoms with Crippen molar-refractivity contribution in [3.63, 3.8) is 0 Å². The molecule has 0 saturated carbocycles. The van der Waals surface area contributed by atoms with E-state index in [9.17, 15) is 5.26 Å². The maximum atomic E-state index is 9.38. The average molecular weight is 416 g/mol. The molecule has 0 bridgehead atoms. The molecule has 1 fully saturated rings. The number of nitriles is 1. The number of benzene rings is 2. The van der Waals surface area contributed by atoms with Gasteiger partial charge in [-0.2, -0.15) is 5.26 Å². The Kier molecular flexibility index (Phi) is 5.26. The minimum Gasteiger partial charge on any atom is -0.376 e. The Morgan fingerprint density at radius 1 is 1.17 bits per heavy atom. The van der Waals surface area contributed by atoms with Gasteiger partial charge in [-0.05, 0) is 30.5 Å². The van der Waals surface area contributed by atoms with E-state index >= 15 is 0 Å². The van der Waals surface area contributed by atoms with Crippen molar-refractivity contribution in [2.24, 2.45) is 0 Å². The van der Waals surface area contributed by atoms with E-state index in [4.69, 9.17) is 4.74 Å². The minimum absolute atomic E-state index is 0.177. The molecular formula is C23H21N5OS. The summed E-state index contributed by atoms with van der Waals surface area (Å²) in [6.07, 6.45) is 4.32. The van der Waals surface area contributed by atoms with Crippen molar-refractivity contribution in [3.05, 3.63) is 65.9 Å². The second kappa shape index (κ2) is 8.34. The number of hydrogen-bond donors (Lipinski definition) is 1. The molecule has 1 unspecified atom stereocenters. The monoisotopic (exact) mass is 415 g/mol. The standard InChI is InChI=1S/C23H21N5OS/c24-12-16-6-1-2-7-17(16)15-30-23-27-26-22(28(23)14-18-8-5-11-29-18)20-13-25-21-10-4-3-9-19(20)21/h1-4,6-7,9-10,13,18,25H,5,8,11,14-15H2. The predicted molar refractivity (Wildman–Crippen MR) is 117 cm³/mol. The van der Waals surface area contributed by atoms with E-state index in [1.807, 2.05) is 42.6 Å². The molecule has 1 saturated heterocycles. The normalized spacial score (nSPS) is 16.2. The SMILES string of the molecule is N#Cc1ccccc1CSc1nnc(-c2c[nH]c3ccccc23)n1CC1CCCO1. The van der Waals surface area contributed by atoms with Crippen molar-refractivity contribution in [1.29, 1.82) is 5.26 Å². The number of thioether (sulfide) groups is 1. The molecule has 30 heavy (non-hydrogen) atoms. The Labute approximate surface area is 178 Å². The molecule has 7 heteroatoms. The molecular weight excluding hydrogens is 394 g/mol. The van der Waals surface area contributed by atoms with Gasteiger partial charge in [0, 0.05) is 35.0 Å². The number of nitrogens with one attached hydrogen (secondary N) is 1. The zero-order chi connectivity index (χ0) is 20.3. The van der Waals surface area contributed by atoms with Crippen molar-refractivity contribution < 1.29 is 4.74 Å². The Balaban J connectivity index is 1.50. The van der Waals surface area contributed by atoms with Crippen molar-refractivity contribution in [3.8, 4) is 17.5 Å². The molecule has 1 N–H and O–H groups in total. The molecule has 1 atom stereocenters. The van der Waals surface area contributed by atoms with Gasteiger partial charge in [-0.15, -0.1) is 10.2 Å². The summed E-state index contributed by atoms with van der Waals surface area (Å²) >= 11 is 1.61. The van der Waals surface area contributed by atoms with Gasteiger partial charge < -0.3 is 9.72 Å². The van der Waals surface area contributed by atoms with Crippen LogP contribution < -0.4 is 0 Å². The van der Waals surface area contributed by atoms with Crippen LogP contribution in [-0.4, -0.2) is 32.5 Å². The molecule has 6 nitrogen and oxygen atoms in total. The first-order chi connectivity index (χ1) is 14.8. The molecule has 0 amide bonds. The van der Waals surface area contributed by atoms with Crippen molar-refractivity contribution in [1.82, 2.24) is 19.7 Å². The summed E-state index contributed by atoms with van der Waals surface area (Å²) in [5.74, 6) is 1.51. The van der Waals surface area contributed by atoms with Crippen LogP contribution in [0.2, 0.25) is 0 Å². The number of fused-ring (bicyclic) bond motifs is 1. The van der Waals surface area contributed by atoms with Crippen LogP contribution in [0.3, 0.4) is 0 Å². The molecule has 3 heterocycles. The lowest BCUT2D eigenvalue weighted by Gasteiger charge is -2.14. The number of rotatable bonds is 6. The van der Waals surface area contributed by atoms with E-state index in [1.54, 1.807) is 11.8 Å². The van der Waals surface area contributed by atoms with E-state index in [2.05, 4.69) is 38.0 Å². The third kappa shape index (κ3) is 3.60. The number of H-pyrrole nitrogens is 1. The molecule has 4 aromatic rings. The van der Waals surface area contributed by atoms with Crippen molar-refractivity contribution in [2.75, 3.05) is 6.61 Å². The molecule has 150 valence electrons. The first-order valence-corrected chi connectivity index (χ1v) is 11.0. The first-order valence-electron chi connectivity index (χ1n) is 10.1. The summed E-state index contributed by atoms with van der Waals surface area (Å²) in [6, 6.07) is 18.2. The van der Waals surface area contributed by atoms with Gasteiger partial charge in [0.15, 0.2) is 11.0 Å². The van der Waals surface area contributed by atoms with Gasteiger partial charge in [-0.1, -0.05) is 48.2 Å².